The van der Waals surface area contributed by atoms with Crippen LogP contribution >= 0.6 is 0 Å². The van der Waals surface area contributed by atoms with Crippen LogP contribution in [0.4, 0.5) is 0 Å². The Labute approximate surface area is 157 Å². The molecule has 27 heavy (non-hydrogen) atoms. The minimum atomic E-state index is -0.272. The van der Waals surface area contributed by atoms with E-state index in [1.165, 1.54) is 12.4 Å². The van der Waals surface area contributed by atoms with Gasteiger partial charge >= 0.3 is 0 Å². The zero-order valence-corrected chi connectivity index (χ0v) is 15.4. The molecule has 0 bridgehead atoms. The van der Waals surface area contributed by atoms with Gasteiger partial charge in [-0.05, 0) is 39.0 Å². The van der Waals surface area contributed by atoms with Crippen LogP contribution in [-0.4, -0.2) is 56.4 Å². The van der Waals surface area contributed by atoms with Crippen LogP contribution in [0.25, 0.3) is 0 Å². The van der Waals surface area contributed by atoms with Crippen molar-refractivity contribution < 1.29 is 14.1 Å². The van der Waals surface area contributed by atoms with Gasteiger partial charge in [0.1, 0.15) is 11.5 Å². The van der Waals surface area contributed by atoms with E-state index in [1.807, 2.05) is 13.0 Å². The number of carbonyl (C=O) groups excluding carboxylic acids is 2. The van der Waals surface area contributed by atoms with E-state index in [0.29, 0.717) is 25.4 Å². The van der Waals surface area contributed by atoms with Crippen molar-refractivity contribution in [1.82, 2.24) is 24.9 Å². The summed E-state index contributed by atoms with van der Waals surface area (Å²) in [6.45, 7) is 3.83. The Balaban J connectivity index is 1.61. The fourth-order valence-electron chi connectivity index (χ4n) is 3.89. The highest BCUT2D eigenvalue weighted by atomic mass is 16.5. The summed E-state index contributed by atoms with van der Waals surface area (Å²) in [5.41, 5.74) is 1.01. The van der Waals surface area contributed by atoms with E-state index in [0.717, 1.165) is 37.8 Å². The summed E-state index contributed by atoms with van der Waals surface area (Å²) in [7, 11) is 0. The fourth-order valence-corrected chi connectivity index (χ4v) is 3.89. The molecule has 0 radical (unpaired) electrons. The molecular formula is C19H23N5O3. The maximum atomic E-state index is 13.2. The standard InChI is InChI=1S/C19H23N5O3/c1-13-12-14(22-27-13)15-6-5-11-24(15)19(26)17-16(20-7-8-21-17)18(25)23-9-3-2-4-10-23/h7-8,12,15H,2-6,9-11H2,1H3/t15-/m0/s1. The average Bonchev–Trinajstić information content (AvgIpc) is 3.36. The smallest absolute Gasteiger partial charge is 0.275 e. The van der Waals surface area contributed by atoms with E-state index in [2.05, 4.69) is 15.1 Å². The second kappa shape index (κ2) is 7.46. The SMILES string of the molecule is Cc1cc([C@@H]2CCCN2C(=O)c2nccnc2C(=O)N2CCCCC2)no1. The highest BCUT2D eigenvalue weighted by molar-refractivity contribution is 6.04. The highest BCUT2D eigenvalue weighted by Gasteiger charge is 2.36. The largest absolute Gasteiger partial charge is 0.361 e. The molecule has 0 aromatic carbocycles. The molecule has 142 valence electrons. The number of hydrogen-bond acceptors (Lipinski definition) is 6. The highest BCUT2D eigenvalue weighted by Crippen LogP contribution is 2.33. The van der Waals surface area contributed by atoms with Crippen LogP contribution in [0.5, 0.6) is 0 Å². The molecule has 0 N–H and O–H groups in total. The number of likely N-dealkylation sites (tertiary alicyclic amines) is 2. The number of amides is 2. The molecule has 2 saturated heterocycles. The van der Waals surface area contributed by atoms with Gasteiger partial charge in [-0.2, -0.15) is 0 Å². The topological polar surface area (TPSA) is 92.4 Å². The molecule has 0 unspecified atom stereocenters. The predicted octanol–water partition coefficient (Wildman–Crippen LogP) is 2.38. The van der Waals surface area contributed by atoms with Gasteiger partial charge in [0, 0.05) is 38.1 Å². The first-order valence-corrected chi connectivity index (χ1v) is 9.49. The summed E-state index contributed by atoms with van der Waals surface area (Å²) < 4.78 is 5.18. The molecule has 2 amide bonds. The minimum absolute atomic E-state index is 0.125. The van der Waals surface area contributed by atoms with Crippen LogP contribution in [-0.2, 0) is 0 Å². The first-order chi connectivity index (χ1) is 13.1. The molecule has 0 saturated carbocycles. The molecule has 8 nitrogen and oxygen atoms in total. The van der Waals surface area contributed by atoms with Crippen molar-refractivity contribution in [2.45, 2.75) is 45.1 Å². The van der Waals surface area contributed by atoms with Gasteiger partial charge in [-0.3, -0.25) is 9.59 Å². The lowest BCUT2D eigenvalue weighted by Crippen LogP contribution is -2.39. The lowest BCUT2D eigenvalue weighted by Gasteiger charge is -2.27. The second-order valence-corrected chi connectivity index (χ2v) is 7.13. The van der Waals surface area contributed by atoms with E-state index >= 15 is 0 Å². The average molecular weight is 369 g/mol. The van der Waals surface area contributed by atoms with Crippen LogP contribution in [0.15, 0.2) is 23.0 Å². The van der Waals surface area contributed by atoms with E-state index < -0.39 is 0 Å². The number of piperidine rings is 1. The molecule has 0 aliphatic carbocycles. The normalized spacial score (nSPS) is 20.1. The van der Waals surface area contributed by atoms with E-state index in [9.17, 15) is 9.59 Å². The van der Waals surface area contributed by atoms with Crippen molar-refractivity contribution in [2.24, 2.45) is 0 Å². The van der Waals surface area contributed by atoms with Gasteiger partial charge in [0.05, 0.1) is 6.04 Å². The van der Waals surface area contributed by atoms with Crippen molar-refractivity contribution in [3.05, 3.63) is 41.3 Å². The summed E-state index contributed by atoms with van der Waals surface area (Å²) in [6, 6.07) is 1.70. The molecule has 2 aromatic rings. The zero-order valence-electron chi connectivity index (χ0n) is 15.4. The number of nitrogens with zero attached hydrogens (tertiary/aromatic N) is 5. The van der Waals surface area contributed by atoms with Crippen LogP contribution in [0.3, 0.4) is 0 Å². The summed E-state index contributed by atoms with van der Waals surface area (Å²) in [5, 5.41) is 4.07. The monoisotopic (exact) mass is 369 g/mol. The number of carbonyl (C=O) groups is 2. The van der Waals surface area contributed by atoms with E-state index in [4.69, 9.17) is 4.52 Å². The number of hydrogen-bond donors (Lipinski definition) is 0. The van der Waals surface area contributed by atoms with Gasteiger partial charge in [0.2, 0.25) is 0 Å². The molecule has 2 aliphatic rings. The fraction of sp³-hybridized carbons (Fsp3) is 0.526. The summed E-state index contributed by atoms with van der Waals surface area (Å²) >= 11 is 0. The first kappa shape index (κ1) is 17.6. The van der Waals surface area contributed by atoms with E-state index in [1.54, 1.807) is 9.80 Å². The Morgan fingerprint density at radius 1 is 1.00 bits per heavy atom. The Morgan fingerprint density at radius 2 is 1.70 bits per heavy atom. The number of aromatic nitrogens is 3. The van der Waals surface area contributed by atoms with Crippen molar-refractivity contribution in [3.63, 3.8) is 0 Å². The maximum absolute atomic E-state index is 13.2. The quantitative estimate of drug-likeness (QED) is 0.825. The summed E-state index contributed by atoms with van der Waals surface area (Å²) in [5.74, 6) is 0.232. The molecule has 2 fully saturated rings. The first-order valence-electron chi connectivity index (χ1n) is 9.49. The number of rotatable bonds is 3. The molecule has 2 aromatic heterocycles. The van der Waals surface area contributed by atoms with Crippen LogP contribution in [0.2, 0.25) is 0 Å². The third kappa shape index (κ3) is 3.43. The Bertz CT molecular complexity index is 843. The van der Waals surface area contributed by atoms with Gasteiger partial charge in [0.25, 0.3) is 11.8 Å². The minimum Gasteiger partial charge on any atom is -0.361 e. The van der Waals surface area contributed by atoms with Crippen LogP contribution in [0, 0.1) is 6.92 Å². The van der Waals surface area contributed by atoms with Gasteiger partial charge in [-0.15, -0.1) is 0 Å². The second-order valence-electron chi connectivity index (χ2n) is 7.13. The van der Waals surface area contributed by atoms with Crippen LogP contribution < -0.4 is 0 Å². The molecule has 4 rings (SSSR count). The van der Waals surface area contributed by atoms with Gasteiger partial charge in [-0.25, -0.2) is 9.97 Å². The number of aryl methyl sites for hydroxylation is 1. The lowest BCUT2D eigenvalue weighted by molar-refractivity contribution is 0.0678. The van der Waals surface area contributed by atoms with Crippen molar-refractivity contribution in [3.8, 4) is 0 Å². The van der Waals surface area contributed by atoms with Gasteiger partial charge < -0.3 is 14.3 Å². The Hall–Kier alpha value is -2.77. The molecule has 4 heterocycles. The molecular weight excluding hydrogens is 346 g/mol. The van der Waals surface area contributed by atoms with E-state index in [-0.39, 0.29) is 29.2 Å². The predicted molar refractivity (Wildman–Crippen MR) is 96.0 cm³/mol. The van der Waals surface area contributed by atoms with Crippen molar-refractivity contribution >= 4 is 11.8 Å². The third-order valence-corrected chi connectivity index (χ3v) is 5.25. The summed E-state index contributed by atoms with van der Waals surface area (Å²) in [6.07, 6.45) is 7.71. The molecule has 8 heteroatoms. The Kier molecular flexibility index (Phi) is 4.87. The van der Waals surface area contributed by atoms with Crippen molar-refractivity contribution in [1.29, 1.82) is 0 Å². The third-order valence-electron chi connectivity index (χ3n) is 5.25. The van der Waals surface area contributed by atoms with Gasteiger partial charge in [-0.1, -0.05) is 5.16 Å². The molecule has 1 atom stereocenters. The van der Waals surface area contributed by atoms with Crippen LogP contribution in [0.1, 0.15) is 70.6 Å². The van der Waals surface area contributed by atoms with Gasteiger partial charge in [0.15, 0.2) is 11.4 Å². The van der Waals surface area contributed by atoms with Crippen molar-refractivity contribution in [2.75, 3.05) is 19.6 Å². The molecule has 0 spiro atoms. The summed E-state index contributed by atoms with van der Waals surface area (Å²) in [4.78, 5) is 38.1. The molecule has 2 aliphatic heterocycles. The lowest BCUT2D eigenvalue weighted by atomic mass is 10.1. The maximum Gasteiger partial charge on any atom is 0.275 e. The zero-order chi connectivity index (χ0) is 18.8. The Morgan fingerprint density at radius 3 is 2.37 bits per heavy atom.